The molecule has 0 heterocycles. The van der Waals surface area contributed by atoms with E-state index in [1.165, 1.54) is 205 Å². The first-order valence-corrected chi connectivity index (χ1v) is 32.6. The number of phosphoric ester groups is 1. The fraction of sp³-hybridized carbons (Fsp3) is 0.841. The third kappa shape index (κ3) is 59.1. The minimum absolute atomic E-state index is 0.0522. The molecule has 3 N–H and O–H groups in total. The molecule has 428 valence electrons. The Kier molecular flexibility index (Phi) is 57.6. The molecule has 10 heteroatoms. The van der Waals surface area contributed by atoms with Gasteiger partial charge < -0.3 is 20.1 Å². The third-order valence-electron chi connectivity index (χ3n) is 13.7. The first-order chi connectivity index (χ1) is 35.8. The Bertz CT molecular complexity index is 1330. The average Bonchev–Trinajstić information content (AvgIpc) is 3.38. The van der Waals surface area contributed by atoms with Crippen LogP contribution in [-0.4, -0.2) is 49.3 Å². The molecular formula is C63H118NO8P. The molecule has 9 nitrogen and oxygen atoms in total. The van der Waals surface area contributed by atoms with Gasteiger partial charge in [0.2, 0.25) is 0 Å². The molecule has 0 fully saturated rings. The van der Waals surface area contributed by atoms with Gasteiger partial charge >= 0.3 is 19.8 Å². The second kappa shape index (κ2) is 59.2. The lowest BCUT2D eigenvalue weighted by Crippen LogP contribution is -2.29. The lowest BCUT2D eigenvalue weighted by atomic mass is 10.0. The van der Waals surface area contributed by atoms with Crippen LogP contribution in [0.5, 0.6) is 0 Å². The molecule has 0 bridgehead atoms. The van der Waals surface area contributed by atoms with Gasteiger partial charge in [0, 0.05) is 19.4 Å². The summed E-state index contributed by atoms with van der Waals surface area (Å²) in [5.41, 5.74) is 5.37. The van der Waals surface area contributed by atoms with E-state index in [0.29, 0.717) is 6.42 Å². The molecule has 2 atom stereocenters. The van der Waals surface area contributed by atoms with Crippen LogP contribution in [-0.2, 0) is 32.7 Å². The number of hydrogen-bond donors (Lipinski definition) is 2. The van der Waals surface area contributed by atoms with Crippen molar-refractivity contribution in [1.82, 2.24) is 0 Å². The van der Waals surface area contributed by atoms with Crippen molar-refractivity contribution in [3.8, 4) is 0 Å². The lowest BCUT2D eigenvalue weighted by Gasteiger charge is -2.19. The van der Waals surface area contributed by atoms with Gasteiger partial charge in [-0.2, -0.15) is 0 Å². The summed E-state index contributed by atoms with van der Waals surface area (Å²) in [6, 6.07) is 0. The van der Waals surface area contributed by atoms with Crippen LogP contribution in [0.25, 0.3) is 0 Å². The molecule has 0 aromatic heterocycles. The fourth-order valence-corrected chi connectivity index (χ4v) is 9.83. The van der Waals surface area contributed by atoms with Gasteiger partial charge in [-0.1, -0.05) is 274 Å². The highest BCUT2D eigenvalue weighted by Gasteiger charge is 2.26. The first-order valence-electron chi connectivity index (χ1n) is 31.1. The second-order valence-electron chi connectivity index (χ2n) is 20.9. The molecule has 73 heavy (non-hydrogen) atoms. The summed E-state index contributed by atoms with van der Waals surface area (Å²) in [4.78, 5) is 35.1. The Balaban J connectivity index is 3.73. The molecule has 0 rings (SSSR count). The van der Waals surface area contributed by atoms with Crippen LogP contribution >= 0.6 is 7.82 Å². The molecule has 0 saturated heterocycles. The molecule has 0 aliphatic heterocycles. The number of esters is 2. The van der Waals surface area contributed by atoms with Gasteiger partial charge in [0.1, 0.15) is 6.61 Å². The predicted molar refractivity (Wildman–Crippen MR) is 312 cm³/mol. The van der Waals surface area contributed by atoms with E-state index in [2.05, 4.69) is 62.5 Å². The Hall–Kier alpha value is -2.03. The standard InChI is InChI=1S/C63H118NO8P/c1-3-5-7-9-11-13-15-17-18-19-20-21-22-23-24-25-26-27-28-29-30-31-32-33-34-35-36-37-38-39-40-41-42-44-46-48-50-52-54-56-63(66)72-61(60-71-73(67,68)70-58-57-64)59-69-62(65)55-53-51-49-47-45-43-16-14-12-10-8-6-4-2/h8,10,14-17,19-20,61H,3-7,9,11-13,18,21-60,64H2,1-2H3,(H,67,68)/b10-8-,16-14-,17-15-,20-19-. The van der Waals surface area contributed by atoms with Crippen molar-refractivity contribution in [3.05, 3.63) is 48.6 Å². The SMILES string of the molecule is CCC/C=C\C/C=C\CCCCCCCC(=O)OCC(COP(=O)(O)OCCN)OC(=O)CCCCCCCCCCCCCCCCCCCCCCCCCCCCC/C=C\C/C=C\CCCCCCC. The fourth-order valence-electron chi connectivity index (χ4n) is 9.06. The maximum atomic E-state index is 12.7. The van der Waals surface area contributed by atoms with Crippen LogP contribution in [0.3, 0.4) is 0 Å². The van der Waals surface area contributed by atoms with E-state index >= 15 is 0 Å². The molecule has 0 spiro atoms. The van der Waals surface area contributed by atoms with Crippen LogP contribution < -0.4 is 5.73 Å². The topological polar surface area (TPSA) is 134 Å². The van der Waals surface area contributed by atoms with E-state index in [0.717, 1.165) is 70.6 Å². The van der Waals surface area contributed by atoms with Crippen LogP contribution in [0.4, 0.5) is 0 Å². The Morgan fingerprint density at radius 1 is 0.411 bits per heavy atom. The van der Waals surface area contributed by atoms with Gasteiger partial charge in [0.05, 0.1) is 13.2 Å². The molecule has 0 aromatic carbocycles. The Labute approximate surface area is 451 Å². The zero-order valence-electron chi connectivity index (χ0n) is 47.9. The van der Waals surface area contributed by atoms with Crippen molar-refractivity contribution in [3.63, 3.8) is 0 Å². The van der Waals surface area contributed by atoms with E-state index in [1.54, 1.807) is 0 Å². The van der Waals surface area contributed by atoms with Crippen LogP contribution in [0, 0.1) is 0 Å². The minimum atomic E-state index is -4.39. The number of hydrogen-bond acceptors (Lipinski definition) is 8. The molecule has 0 amide bonds. The first kappa shape index (κ1) is 71.0. The van der Waals surface area contributed by atoms with Gasteiger partial charge in [0.15, 0.2) is 6.10 Å². The summed E-state index contributed by atoms with van der Waals surface area (Å²) < 4.78 is 33.0. The smallest absolute Gasteiger partial charge is 0.462 e. The molecule has 0 aromatic rings. The molecule has 0 aliphatic rings. The average molecular weight is 1050 g/mol. The van der Waals surface area contributed by atoms with Crippen LogP contribution in [0.2, 0.25) is 0 Å². The van der Waals surface area contributed by atoms with Crippen molar-refractivity contribution >= 4 is 19.8 Å². The summed E-state index contributed by atoms with van der Waals surface area (Å²) in [5, 5.41) is 0. The number of phosphoric acid groups is 1. The van der Waals surface area contributed by atoms with Crippen molar-refractivity contribution in [2.75, 3.05) is 26.4 Å². The van der Waals surface area contributed by atoms with Crippen LogP contribution in [0.15, 0.2) is 48.6 Å². The zero-order chi connectivity index (χ0) is 53.1. The summed E-state index contributed by atoms with van der Waals surface area (Å²) in [6.07, 6.45) is 73.6. The van der Waals surface area contributed by atoms with E-state index in [9.17, 15) is 19.0 Å². The van der Waals surface area contributed by atoms with E-state index in [1.807, 2.05) is 0 Å². The maximum Gasteiger partial charge on any atom is 0.472 e. The highest BCUT2D eigenvalue weighted by atomic mass is 31.2. The number of rotatable bonds is 59. The van der Waals surface area contributed by atoms with E-state index in [-0.39, 0.29) is 32.6 Å². The molecule has 2 unspecified atom stereocenters. The number of unbranched alkanes of at least 4 members (excludes halogenated alkanes) is 38. The van der Waals surface area contributed by atoms with Crippen molar-refractivity contribution in [2.45, 2.75) is 315 Å². The summed E-state index contributed by atoms with van der Waals surface area (Å²) in [7, 11) is -4.39. The predicted octanol–water partition coefficient (Wildman–Crippen LogP) is 19.7. The van der Waals surface area contributed by atoms with E-state index < -0.39 is 32.5 Å². The second-order valence-corrected chi connectivity index (χ2v) is 22.4. The van der Waals surface area contributed by atoms with Crippen molar-refractivity contribution in [1.29, 1.82) is 0 Å². The molecule has 0 aliphatic carbocycles. The largest absolute Gasteiger partial charge is 0.472 e. The summed E-state index contributed by atoms with van der Waals surface area (Å²) in [6.45, 7) is 3.68. The quantitative estimate of drug-likeness (QED) is 0.0264. The number of carbonyl (C=O) groups excluding carboxylic acids is 2. The van der Waals surface area contributed by atoms with Gasteiger partial charge in [-0.15, -0.1) is 0 Å². The molecule has 0 saturated carbocycles. The Morgan fingerprint density at radius 2 is 0.740 bits per heavy atom. The van der Waals surface area contributed by atoms with Gasteiger partial charge in [0.25, 0.3) is 0 Å². The number of nitrogens with two attached hydrogens (primary N) is 1. The number of carbonyl (C=O) groups is 2. The molecule has 0 radical (unpaired) electrons. The molecular weight excluding hydrogens is 930 g/mol. The maximum absolute atomic E-state index is 12.7. The van der Waals surface area contributed by atoms with Gasteiger partial charge in [-0.3, -0.25) is 18.6 Å². The van der Waals surface area contributed by atoms with Crippen molar-refractivity contribution in [2.24, 2.45) is 5.73 Å². The highest BCUT2D eigenvalue weighted by Crippen LogP contribution is 2.43. The summed E-state index contributed by atoms with van der Waals surface area (Å²) in [5.74, 6) is -0.833. The normalized spacial score (nSPS) is 13.3. The highest BCUT2D eigenvalue weighted by molar-refractivity contribution is 7.47. The third-order valence-corrected chi connectivity index (χ3v) is 14.7. The van der Waals surface area contributed by atoms with Gasteiger partial charge in [-0.05, 0) is 70.6 Å². The van der Waals surface area contributed by atoms with E-state index in [4.69, 9.17) is 24.3 Å². The lowest BCUT2D eigenvalue weighted by molar-refractivity contribution is -0.161. The summed E-state index contributed by atoms with van der Waals surface area (Å²) >= 11 is 0. The monoisotopic (exact) mass is 1050 g/mol. The van der Waals surface area contributed by atoms with Crippen molar-refractivity contribution < 1.29 is 37.6 Å². The zero-order valence-corrected chi connectivity index (χ0v) is 48.8. The van der Waals surface area contributed by atoms with Gasteiger partial charge in [-0.25, -0.2) is 4.57 Å². The number of allylic oxidation sites excluding steroid dienone is 8. The van der Waals surface area contributed by atoms with Crippen LogP contribution in [0.1, 0.15) is 309 Å². The number of ether oxygens (including phenoxy) is 2. The Morgan fingerprint density at radius 3 is 1.10 bits per heavy atom. The minimum Gasteiger partial charge on any atom is -0.462 e.